The number of rotatable bonds is 4. The second kappa shape index (κ2) is 5.76. The van der Waals surface area contributed by atoms with Crippen LogP contribution in [0, 0.1) is 0 Å². The monoisotopic (exact) mass is 275 g/mol. The number of hydrogen-bond acceptors (Lipinski definition) is 2. The van der Waals surface area contributed by atoms with Crippen molar-refractivity contribution in [1.29, 1.82) is 0 Å². The molecule has 0 aromatic heterocycles. The highest BCUT2D eigenvalue weighted by Gasteiger charge is 2.10. The van der Waals surface area contributed by atoms with E-state index in [4.69, 9.17) is 16.7 Å². The maximum atomic E-state index is 10.8. The molecule has 98 valence electrons. The van der Waals surface area contributed by atoms with Crippen molar-refractivity contribution in [2.45, 2.75) is 13.0 Å². The molecule has 0 saturated heterocycles. The fraction of sp³-hybridized carbons (Fsp3) is 0.133. The normalized spacial score (nSPS) is 11.9. The number of carboxylic acids is 1. The van der Waals surface area contributed by atoms with Crippen molar-refractivity contribution in [1.82, 2.24) is 0 Å². The Bertz CT molecular complexity index is 584. The van der Waals surface area contributed by atoms with Crippen molar-refractivity contribution >= 4 is 23.3 Å². The van der Waals surface area contributed by atoms with Gasteiger partial charge in [-0.05, 0) is 30.7 Å². The van der Waals surface area contributed by atoms with Gasteiger partial charge in [0.1, 0.15) is 0 Å². The van der Waals surface area contributed by atoms with Crippen molar-refractivity contribution in [3.05, 3.63) is 64.7 Å². The van der Waals surface area contributed by atoms with E-state index >= 15 is 0 Å². The number of anilines is 1. The molecule has 0 spiro atoms. The van der Waals surface area contributed by atoms with Crippen LogP contribution in [0.15, 0.2) is 48.5 Å². The summed E-state index contributed by atoms with van der Waals surface area (Å²) in [6.45, 7) is 2.02. The van der Waals surface area contributed by atoms with E-state index < -0.39 is 5.97 Å². The number of benzene rings is 2. The van der Waals surface area contributed by atoms with Crippen LogP contribution in [-0.4, -0.2) is 11.1 Å². The number of aromatic carboxylic acids is 1. The minimum atomic E-state index is -0.982. The second-order valence-electron chi connectivity index (χ2n) is 4.28. The van der Waals surface area contributed by atoms with Gasteiger partial charge >= 0.3 is 5.97 Å². The second-order valence-corrected chi connectivity index (χ2v) is 4.68. The maximum absolute atomic E-state index is 10.8. The van der Waals surface area contributed by atoms with Gasteiger partial charge in [-0.3, -0.25) is 0 Å². The largest absolute Gasteiger partial charge is 0.478 e. The molecular formula is C15H14ClNO2. The number of nitrogens with one attached hydrogen (secondary N) is 1. The molecule has 2 rings (SSSR count). The summed E-state index contributed by atoms with van der Waals surface area (Å²) in [7, 11) is 0. The molecule has 0 aliphatic carbocycles. The van der Waals surface area contributed by atoms with E-state index in [9.17, 15) is 4.79 Å². The fourth-order valence-electron chi connectivity index (χ4n) is 1.82. The maximum Gasteiger partial charge on any atom is 0.335 e. The van der Waals surface area contributed by atoms with Crippen LogP contribution in [0.2, 0.25) is 5.02 Å². The summed E-state index contributed by atoms with van der Waals surface area (Å²) < 4.78 is 0. The fourth-order valence-corrected chi connectivity index (χ4v) is 2.06. The lowest BCUT2D eigenvalue weighted by atomic mass is 10.1. The molecule has 2 aromatic carbocycles. The summed E-state index contributed by atoms with van der Waals surface area (Å²) in [5.74, 6) is -0.982. The summed E-state index contributed by atoms with van der Waals surface area (Å²) in [6, 6.07) is 14.7. The van der Waals surface area contributed by atoms with E-state index in [-0.39, 0.29) is 11.6 Å². The van der Waals surface area contributed by atoms with Crippen LogP contribution < -0.4 is 5.32 Å². The topological polar surface area (TPSA) is 49.3 Å². The first-order valence-corrected chi connectivity index (χ1v) is 6.30. The van der Waals surface area contributed by atoms with Gasteiger partial charge < -0.3 is 10.4 Å². The summed E-state index contributed by atoms with van der Waals surface area (Å²) in [6.07, 6.45) is 0. The first-order valence-electron chi connectivity index (χ1n) is 5.92. The zero-order valence-corrected chi connectivity index (χ0v) is 11.2. The van der Waals surface area contributed by atoms with Gasteiger partial charge in [0.2, 0.25) is 0 Å². The molecule has 0 fully saturated rings. The number of hydrogen-bond donors (Lipinski definition) is 2. The summed E-state index contributed by atoms with van der Waals surface area (Å²) in [4.78, 5) is 10.8. The standard InChI is InChI=1S/C15H14ClNO2/c1-10(11-5-3-2-4-6-11)17-14-8-7-12(15(18)19)9-13(14)16/h2-10,17H,1H3,(H,18,19). The van der Waals surface area contributed by atoms with E-state index in [1.807, 2.05) is 37.3 Å². The Morgan fingerprint density at radius 2 is 1.89 bits per heavy atom. The lowest BCUT2D eigenvalue weighted by molar-refractivity contribution is 0.0697. The molecule has 0 aliphatic heterocycles. The van der Waals surface area contributed by atoms with Crippen molar-refractivity contribution in [2.75, 3.05) is 5.32 Å². The zero-order valence-electron chi connectivity index (χ0n) is 10.4. The Kier molecular flexibility index (Phi) is 4.07. The average molecular weight is 276 g/mol. The van der Waals surface area contributed by atoms with E-state index in [0.717, 1.165) is 11.3 Å². The first kappa shape index (κ1) is 13.4. The lowest BCUT2D eigenvalue weighted by Gasteiger charge is -2.17. The van der Waals surface area contributed by atoms with Crippen molar-refractivity contribution in [2.24, 2.45) is 0 Å². The highest BCUT2D eigenvalue weighted by molar-refractivity contribution is 6.33. The van der Waals surface area contributed by atoms with Crippen LogP contribution in [0.25, 0.3) is 0 Å². The molecule has 1 atom stereocenters. The Labute approximate surface area is 116 Å². The predicted molar refractivity (Wildman–Crippen MR) is 76.9 cm³/mol. The number of carboxylic acid groups (broad SMARTS) is 1. The quantitative estimate of drug-likeness (QED) is 0.879. The SMILES string of the molecule is CC(Nc1ccc(C(=O)O)cc1Cl)c1ccccc1. The average Bonchev–Trinajstić information content (AvgIpc) is 2.41. The van der Waals surface area contributed by atoms with Crippen LogP contribution in [0.1, 0.15) is 28.9 Å². The highest BCUT2D eigenvalue weighted by atomic mass is 35.5. The van der Waals surface area contributed by atoms with Gasteiger partial charge in [0, 0.05) is 6.04 Å². The molecule has 19 heavy (non-hydrogen) atoms. The van der Waals surface area contributed by atoms with E-state index in [1.165, 1.54) is 12.1 Å². The smallest absolute Gasteiger partial charge is 0.335 e. The molecule has 0 amide bonds. The molecule has 1 unspecified atom stereocenters. The van der Waals surface area contributed by atoms with Gasteiger partial charge in [-0.25, -0.2) is 4.79 Å². The minimum Gasteiger partial charge on any atom is -0.478 e. The zero-order chi connectivity index (χ0) is 13.8. The number of carbonyl (C=O) groups is 1. The molecule has 0 bridgehead atoms. The third kappa shape index (κ3) is 3.26. The van der Waals surface area contributed by atoms with Crippen LogP contribution in [-0.2, 0) is 0 Å². The molecule has 0 saturated carbocycles. The van der Waals surface area contributed by atoms with Crippen LogP contribution in [0.3, 0.4) is 0 Å². The Balaban J connectivity index is 2.18. The Morgan fingerprint density at radius 1 is 1.21 bits per heavy atom. The van der Waals surface area contributed by atoms with Gasteiger partial charge in [0.15, 0.2) is 0 Å². The van der Waals surface area contributed by atoms with Gasteiger partial charge in [0.25, 0.3) is 0 Å². The molecule has 2 N–H and O–H groups in total. The molecule has 4 heteroatoms. The molecular weight excluding hydrogens is 262 g/mol. The van der Waals surface area contributed by atoms with Crippen molar-refractivity contribution in [3.8, 4) is 0 Å². The minimum absolute atomic E-state index is 0.0920. The van der Waals surface area contributed by atoms with E-state index in [2.05, 4.69) is 5.32 Å². The van der Waals surface area contributed by atoms with Crippen molar-refractivity contribution < 1.29 is 9.90 Å². The molecule has 3 nitrogen and oxygen atoms in total. The van der Waals surface area contributed by atoms with Gasteiger partial charge in [0.05, 0.1) is 16.3 Å². The molecule has 0 aliphatic rings. The summed E-state index contributed by atoms with van der Waals surface area (Å²) in [5, 5.41) is 12.6. The summed E-state index contributed by atoms with van der Waals surface area (Å²) >= 11 is 6.08. The van der Waals surface area contributed by atoms with E-state index in [1.54, 1.807) is 6.07 Å². The van der Waals surface area contributed by atoms with Gasteiger partial charge in [-0.1, -0.05) is 41.9 Å². The van der Waals surface area contributed by atoms with Crippen molar-refractivity contribution in [3.63, 3.8) is 0 Å². The lowest BCUT2D eigenvalue weighted by Crippen LogP contribution is -2.07. The highest BCUT2D eigenvalue weighted by Crippen LogP contribution is 2.27. The van der Waals surface area contributed by atoms with Crippen LogP contribution in [0.4, 0.5) is 5.69 Å². The Hall–Kier alpha value is -2.00. The Morgan fingerprint density at radius 3 is 2.47 bits per heavy atom. The molecule has 2 aromatic rings. The third-order valence-corrected chi connectivity index (χ3v) is 3.20. The van der Waals surface area contributed by atoms with E-state index in [0.29, 0.717) is 5.02 Å². The predicted octanol–water partition coefficient (Wildman–Crippen LogP) is 4.21. The molecule has 0 radical (unpaired) electrons. The van der Waals surface area contributed by atoms with Gasteiger partial charge in [-0.2, -0.15) is 0 Å². The van der Waals surface area contributed by atoms with Gasteiger partial charge in [-0.15, -0.1) is 0 Å². The molecule has 0 heterocycles. The first-order chi connectivity index (χ1) is 9.08. The number of halogens is 1. The summed E-state index contributed by atoms with van der Waals surface area (Å²) in [5.41, 5.74) is 2.05. The third-order valence-electron chi connectivity index (χ3n) is 2.89. The van der Waals surface area contributed by atoms with Crippen LogP contribution in [0.5, 0.6) is 0 Å². The van der Waals surface area contributed by atoms with Crippen LogP contribution >= 0.6 is 11.6 Å².